The summed E-state index contributed by atoms with van der Waals surface area (Å²) in [7, 11) is 1.54. The third-order valence-corrected chi connectivity index (χ3v) is 5.65. The van der Waals surface area contributed by atoms with Crippen LogP contribution in [0, 0.1) is 0 Å². The molecule has 0 aliphatic rings. The number of nitrogens with one attached hydrogen (secondary N) is 1. The second-order valence-corrected chi connectivity index (χ2v) is 8.02. The zero-order valence-corrected chi connectivity index (χ0v) is 19.3. The Hall–Kier alpha value is -2.69. The first-order chi connectivity index (χ1) is 14.9. The summed E-state index contributed by atoms with van der Waals surface area (Å²) in [6, 6.07) is 18.5. The molecule has 0 unspecified atom stereocenters. The van der Waals surface area contributed by atoms with Crippen molar-refractivity contribution in [3.63, 3.8) is 0 Å². The van der Waals surface area contributed by atoms with Crippen LogP contribution in [0.5, 0.6) is 11.5 Å². The number of amides is 1. The summed E-state index contributed by atoms with van der Waals surface area (Å²) in [4.78, 5) is 12.7. The number of methoxy groups -OCH3 is 1. The standard InChI is InChI=1S/C25H25Cl2NO3/c1-4-17-5-7-18(8-6-17)16(2)28-25(29)19-10-12-23(24(13-19)30-3)31-15-20-9-11-21(26)14-22(20)27/h5-14,16H,4,15H2,1-3H3,(H,28,29)/t16-/m1/s1. The monoisotopic (exact) mass is 457 g/mol. The molecule has 0 saturated carbocycles. The average molecular weight is 458 g/mol. The highest BCUT2D eigenvalue weighted by molar-refractivity contribution is 6.35. The lowest BCUT2D eigenvalue weighted by Gasteiger charge is -2.16. The largest absolute Gasteiger partial charge is 0.493 e. The lowest BCUT2D eigenvalue weighted by atomic mass is 10.0. The lowest BCUT2D eigenvalue weighted by Crippen LogP contribution is -2.26. The number of hydrogen-bond acceptors (Lipinski definition) is 3. The topological polar surface area (TPSA) is 47.6 Å². The fourth-order valence-electron chi connectivity index (χ4n) is 3.13. The normalized spacial score (nSPS) is 11.6. The van der Waals surface area contributed by atoms with Crippen LogP contribution in [0.2, 0.25) is 10.0 Å². The molecule has 0 fully saturated rings. The number of benzene rings is 3. The van der Waals surface area contributed by atoms with Crippen molar-refractivity contribution in [3.8, 4) is 11.5 Å². The molecule has 6 heteroatoms. The van der Waals surface area contributed by atoms with Gasteiger partial charge in [0.1, 0.15) is 6.61 Å². The van der Waals surface area contributed by atoms with Crippen LogP contribution in [-0.4, -0.2) is 13.0 Å². The maximum Gasteiger partial charge on any atom is 0.251 e. The molecule has 0 heterocycles. The van der Waals surface area contributed by atoms with Gasteiger partial charge in [0.2, 0.25) is 0 Å². The van der Waals surface area contributed by atoms with Crippen LogP contribution in [0.1, 0.15) is 46.9 Å². The highest BCUT2D eigenvalue weighted by atomic mass is 35.5. The van der Waals surface area contributed by atoms with Gasteiger partial charge in [-0.15, -0.1) is 0 Å². The van der Waals surface area contributed by atoms with Gasteiger partial charge in [-0.25, -0.2) is 0 Å². The molecule has 0 spiro atoms. The fraction of sp³-hybridized carbons (Fsp3) is 0.240. The summed E-state index contributed by atoms with van der Waals surface area (Å²) >= 11 is 12.1. The van der Waals surface area contributed by atoms with Gasteiger partial charge < -0.3 is 14.8 Å². The molecule has 3 rings (SSSR count). The van der Waals surface area contributed by atoms with Crippen LogP contribution in [-0.2, 0) is 13.0 Å². The first-order valence-electron chi connectivity index (χ1n) is 10.1. The Bertz CT molecular complexity index is 1050. The molecule has 0 bridgehead atoms. The number of aryl methyl sites for hydroxylation is 1. The molecule has 1 N–H and O–H groups in total. The van der Waals surface area contributed by atoms with E-state index < -0.39 is 0 Å². The van der Waals surface area contributed by atoms with Crippen LogP contribution in [0.15, 0.2) is 60.7 Å². The van der Waals surface area contributed by atoms with Crippen molar-refractivity contribution < 1.29 is 14.3 Å². The third-order valence-electron chi connectivity index (χ3n) is 5.06. The van der Waals surface area contributed by atoms with Crippen molar-refractivity contribution in [1.29, 1.82) is 0 Å². The molecule has 3 aromatic carbocycles. The van der Waals surface area contributed by atoms with Gasteiger partial charge in [0.25, 0.3) is 5.91 Å². The van der Waals surface area contributed by atoms with Crippen molar-refractivity contribution in [3.05, 3.63) is 93.0 Å². The van der Waals surface area contributed by atoms with Crippen molar-refractivity contribution in [2.24, 2.45) is 0 Å². The number of carbonyl (C=O) groups is 1. The smallest absolute Gasteiger partial charge is 0.251 e. The van der Waals surface area contributed by atoms with Crippen LogP contribution in [0.25, 0.3) is 0 Å². The van der Waals surface area contributed by atoms with Crippen molar-refractivity contribution in [2.45, 2.75) is 32.9 Å². The van der Waals surface area contributed by atoms with Crippen LogP contribution >= 0.6 is 23.2 Å². The van der Waals surface area contributed by atoms with E-state index in [9.17, 15) is 4.79 Å². The average Bonchev–Trinajstić information content (AvgIpc) is 2.78. The van der Waals surface area contributed by atoms with E-state index in [2.05, 4.69) is 24.4 Å². The molecule has 1 amide bonds. The van der Waals surface area contributed by atoms with Gasteiger partial charge in [0.05, 0.1) is 13.2 Å². The maximum absolute atomic E-state index is 12.7. The molecule has 0 radical (unpaired) electrons. The van der Waals surface area contributed by atoms with E-state index in [0.717, 1.165) is 17.5 Å². The molecule has 3 aromatic rings. The van der Waals surface area contributed by atoms with E-state index in [1.54, 1.807) is 30.3 Å². The minimum absolute atomic E-state index is 0.118. The Morgan fingerprint density at radius 3 is 2.39 bits per heavy atom. The van der Waals surface area contributed by atoms with E-state index in [1.165, 1.54) is 12.7 Å². The SMILES string of the molecule is CCc1ccc([C@@H](C)NC(=O)c2ccc(OCc3ccc(Cl)cc3Cl)c(OC)c2)cc1. The maximum atomic E-state index is 12.7. The predicted octanol–water partition coefficient (Wildman–Crippen LogP) is 6.63. The zero-order valence-electron chi connectivity index (χ0n) is 17.7. The molecular formula is C25H25Cl2NO3. The van der Waals surface area contributed by atoms with Gasteiger partial charge in [-0.2, -0.15) is 0 Å². The Labute approximate surface area is 193 Å². The van der Waals surface area contributed by atoms with Crippen LogP contribution < -0.4 is 14.8 Å². The van der Waals surface area contributed by atoms with E-state index in [0.29, 0.717) is 27.1 Å². The second kappa shape index (κ2) is 10.6. The first-order valence-corrected chi connectivity index (χ1v) is 10.8. The predicted molar refractivity (Wildman–Crippen MR) is 125 cm³/mol. The van der Waals surface area contributed by atoms with Gasteiger partial charge in [-0.1, -0.05) is 60.5 Å². The summed E-state index contributed by atoms with van der Waals surface area (Å²) in [5.74, 6) is 0.809. The summed E-state index contributed by atoms with van der Waals surface area (Å²) < 4.78 is 11.3. The lowest BCUT2D eigenvalue weighted by molar-refractivity contribution is 0.0939. The van der Waals surface area contributed by atoms with Crippen LogP contribution in [0.3, 0.4) is 0 Å². The second-order valence-electron chi connectivity index (χ2n) is 7.18. The quantitative estimate of drug-likeness (QED) is 0.412. The fourth-order valence-corrected chi connectivity index (χ4v) is 3.59. The van der Waals surface area contributed by atoms with E-state index in [-0.39, 0.29) is 18.6 Å². The van der Waals surface area contributed by atoms with Gasteiger partial charge in [-0.3, -0.25) is 4.79 Å². The van der Waals surface area contributed by atoms with E-state index in [4.69, 9.17) is 32.7 Å². The van der Waals surface area contributed by atoms with Gasteiger partial charge in [0, 0.05) is 21.2 Å². The molecular weight excluding hydrogens is 433 g/mol. The molecule has 0 saturated heterocycles. The van der Waals surface area contributed by atoms with Gasteiger partial charge in [0.15, 0.2) is 11.5 Å². The number of halogens is 2. The number of hydrogen-bond donors (Lipinski definition) is 1. The molecule has 31 heavy (non-hydrogen) atoms. The van der Waals surface area contributed by atoms with E-state index >= 15 is 0 Å². The van der Waals surface area contributed by atoms with Crippen LogP contribution in [0.4, 0.5) is 0 Å². The number of ether oxygens (including phenoxy) is 2. The zero-order chi connectivity index (χ0) is 22.4. The summed E-state index contributed by atoms with van der Waals surface area (Å²) in [5.41, 5.74) is 3.61. The van der Waals surface area contributed by atoms with Gasteiger partial charge >= 0.3 is 0 Å². The number of carbonyl (C=O) groups excluding carboxylic acids is 1. The Kier molecular flexibility index (Phi) is 7.83. The molecule has 162 valence electrons. The Morgan fingerprint density at radius 2 is 1.74 bits per heavy atom. The Balaban J connectivity index is 1.68. The minimum atomic E-state index is -0.183. The third kappa shape index (κ3) is 5.93. The molecule has 4 nitrogen and oxygen atoms in total. The number of rotatable bonds is 8. The summed E-state index contributed by atoms with van der Waals surface area (Å²) in [6.45, 7) is 4.33. The summed E-state index contributed by atoms with van der Waals surface area (Å²) in [6.07, 6.45) is 0.986. The molecule has 1 atom stereocenters. The summed E-state index contributed by atoms with van der Waals surface area (Å²) in [5, 5.41) is 4.12. The minimum Gasteiger partial charge on any atom is -0.493 e. The van der Waals surface area contributed by atoms with Gasteiger partial charge in [-0.05, 0) is 54.8 Å². The van der Waals surface area contributed by atoms with Crippen molar-refractivity contribution in [1.82, 2.24) is 5.32 Å². The Morgan fingerprint density at radius 1 is 1.00 bits per heavy atom. The molecule has 0 aliphatic carbocycles. The molecule has 0 aliphatic heterocycles. The first kappa shape index (κ1) is 23.0. The highest BCUT2D eigenvalue weighted by Crippen LogP contribution is 2.30. The highest BCUT2D eigenvalue weighted by Gasteiger charge is 2.15. The van der Waals surface area contributed by atoms with E-state index in [1.807, 2.05) is 25.1 Å². The van der Waals surface area contributed by atoms with Crippen molar-refractivity contribution >= 4 is 29.1 Å². The van der Waals surface area contributed by atoms with Crippen molar-refractivity contribution in [2.75, 3.05) is 7.11 Å². The molecule has 0 aromatic heterocycles.